The van der Waals surface area contributed by atoms with Gasteiger partial charge in [-0.1, -0.05) is 11.8 Å². The fourth-order valence-electron chi connectivity index (χ4n) is 0.611. The number of carbonyl (C=O) groups is 1. The number of carbonyl (C=O) groups excluding carboxylic acids is 1. The Morgan fingerprint density at radius 2 is 2.30 bits per heavy atom. The number of hydrogen-bond donors (Lipinski definition) is 2. The third-order valence-corrected chi connectivity index (χ3v) is 1.90. The summed E-state index contributed by atoms with van der Waals surface area (Å²) in [5.74, 6) is 0.215. The molecule has 0 saturated heterocycles. The molecule has 0 aromatic carbocycles. The van der Waals surface area contributed by atoms with Crippen molar-refractivity contribution < 1.29 is 4.79 Å². The van der Waals surface area contributed by atoms with E-state index in [4.69, 9.17) is 5.41 Å². The highest BCUT2D eigenvalue weighted by atomic mass is 32.2. The Labute approximate surface area is 64.1 Å². The average Bonchev–Trinajstić information content (AvgIpc) is 2.68. The minimum absolute atomic E-state index is 0.0133. The third-order valence-electron chi connectivity index (χ3n) is 1.39. The molecule has 0 aliphatic heterocycles. The highest BCUT2D eigenvalue weighted by Crippen LogP contribution is 2.28. The second kappa shape index (κ2) is 3.05. The monoisotopic (exact) mass is 158 g/mol. The lowest BCUT2D eigenvalue weighted by Gasteiger charge is -2.00. The van der Waals surface area contributed by atoms with E-state index >= 15 is 0 Å². The molecule has 1 rings (SSSR count). The van der Waals surface area contributed by atoms with Gasteiger partial charge in [-0.15, -0.1) is 0 Å². The van der Waals surface area contributed by atoms with Crippen molar-refractivity contribution >= 4 is 22.8 Å². The predicted octanol–water partition coefficient (Wildman–Crippen LogP) is 0.810. The molecule has 1 fully saturated rings. The van der Waals surface area contributed by atoms with Crippen LogP contribution in [-0.4, -0.2) is 17.3 Å². The lowest BCUT2D eigenvalue weighted by molar-refractivity contribution is -0.120. The molecule has 0 aromatic rings. The zero-order valence-corrected chi connectivity index (χ0v) is 6.62. The van der Waals surface area contributed by atoms with Gasteiger partial charge in [0.2, 0.25) is 5.91 Å². The zero-order chi connectivity index (χ0) is 7.56. The van der Waals surface area contributed by atoms with Gasteiger partial charge in [0.15, 0.2) is 5.17 Å². The summed E-state index contributed by atoms with van der Waals surface area (Å²) in [7, 11) is 0. The van der Waals surface area contributed by atoms with Gasteiger partial charge in [-0.05, 0) is 19.1 Å². The molecule has 0 radical (unpaired) electrons. The lowest BCUT2D eigenvalue weighted by Crippen LogP contribution is -2.28. The maximum atomic E-state index is 10.9. The normalized spacial score (nSPS) is 16.5. The van der Waals surface area contributed by atoms with E-state index in [1.54, 1.807) is 6.26 Å². The number of amides is 1. The maximum absolute atomic E-state index is 10.9. The van der Waals surface area contributed by atoms with Crippen molar-refractivity contribution in [1.82, 2.24) is 5.32 Å². The smallest absolute Gasteiger partial charge is 0.229 e. The van der Waals surface area contributed by atoms with Gasteiger partial charge in [0.05, 0.1) is 0 Å². The quantitative estimate of drug-likeness (QED) is 0.438. The van der Waals surface area contributed by atoms with E-state index in [9.17, 15) is 4.79 Å². The molecule has 0 heterocycles. The topological polar surface area (TPSA) is 53.0 Å². The van der Waals surface area contributed by atoms with Crippen LogP contribution in [0, 0.1) is 11.3 Å². The minimum Gasteiger partial charge on any atom is -0.305 e. The summed E-state index contributed by atoms with van der Waals surface area (Å²) in [6.45, 7) is 0. The van der Waals surface area contributed by atoms with Gasteiger partial charge >= 0.3 is 0 Å². The second-order valence-corrected chi connectivity index (χ2v) is 3.11. The van der Waals surface area contributed by atoms with E-state index in [0.29, 0.717) is 0 Å². The summed E-state index contributed by atoms with van der Waals surface area (Å²) in [6.07, 6.45) is 3.76. The molecule has 4 heteroatoms. The van der Waals surface area contributed by atoms with Gasteiger partial charge in [0, 0.05) is 5.92 Å². The molecular formula is C6H10N2OS. The number of nitrogens with one attached hydrogen (secondary N) is 2. The van der Waals surface area contributed by atoms with E-state index in [0.717, 1.165) is 12.8 Å². The van der Waals surface area contributed by atoms with Gasteiger partial charge in [0.25, 0.3) is 0 Å². The molecule has 56 valence electrons. The molecule has 2 N–H and O–H groups in total. The zero-order valence-electron chi connectivity index (χ0n) is 5.81. The van der Waals surface area contributed by atoms with E-state index in [1.807, 2.05) is 0 Å². The summed E-state index contributed by atoms with van der Waals surface area (Å²) in [4.78, 5) is 10.9. The van der Waals surface area contributed by atoms with Crippen LogP contribution in [0.3, 0.4) is 0 Å². The molecule has 0 bridgehead atoms. The third kappa shape index (κ3) is 2.02. The van der Waals surface area contributed by atoms with Crippen molar-refractivity contribution in [1.29, 1.82) is 5.41 Å². The Bertz CT molecular complexity index is 165. The summed E-state index contributed by atoms with van der Waals surface area (Å²) >= 11 is 1.25. The summed E-state index contributed by atoms with van der Waals surface area (Å²) in [5, 5.41) is 9.87. The second-order valence-electron chi connectivity index (χ2n) is 2.30. The number of amidine groups is 1. The first-order valence-electron chi connectivity index (χ1n) is 3.17. The molecule has 1 aliphatic carbocycles. The lowest BCUT2D eigenvalue weighted by atomic mass is 10.4. The molecule has 10 heavy (non-hydrogen) atoms. The fraction of sp³-hybridized carbons (Fsp3) is 0.667. The van der Waals surface area contributed by atoms with Crippen molar-refractivity contribution in [3.05, 3.63) is 0 Å². The maximum Gasteiger partial charge on any atom is 0.229 e. The summed E-state index contributed by atoms with van der Waals surface area (Å²) in [5.41, 5.74) is 0. The Morgan fingerprint density at radius 1 is 1.70 bits per heavy atom. The molecule has 0 unspecified atom stereocenters. The van der Waals surface area contributed by atoms with Gasteiger partial charge in [-0.3, -0.25) is 10.2 Å². The van der Waals surface area contributed by atoms with Gasteiger partial charge < -0.3 is 5.32 Å². The van der Waals surface area contributed by atoms with Crippen LogP contribution in [0.2, 0.25) is 0 Å². The van der Waals surface area contributed by atoms with E-state index in [1.165, 1.54) is 11.8 Å². The molecule has 1 aliphatic rings. The molecule has 3 nitrogen and oxygen atoms in total. The highest BCUT2D eigenvalue weighted by Gasteiger charge is 2.29. The van der Waals surface area contributed by atoms with Crippen LogP contribution < -0.4 is 5.32 Å². The van der Waals surface area contributed by atoms with Crippen LogP contribution in [0.15, 0.2) is 0 Å². The van der Waals surface area contributed by atoms with Crippen molar-refractivity contribution in [2.45, 2.75) is 12.8 Å². The van der Waals surface area contributed by atoms with Crippen LogP contribution in [0.4, 0.5) is 0 Å². The Balaban J connectivity index is 2.23. The van der Waals surface area contributed by atoms with Crippen LogP contribution in [0.1, 0.15) is 12.8 Å². The Hall–Kier alpha value is -0.510. The van der Waals surface area contributed by atoms with Crippen molar-refractivity contribution in [3.8, 4) is 0 Å². The van der Waals surface area contributed by atoms with Crippen LogP contribution in [0.5, 0.6) is 0 Å². The first kappa shape index (κ1) is 7.60. The largest absolute Gasteiger partial charge is 0.305 e. The minimum atomic E-state index is 0.0133. The van der Waals surface area contributed by atoms with E-state index < -0.39 is 0 Å². The number of rotatable bonds is 1. The SMILES string of the molecule is CSC(=N)NC(=O)C1CC1. The van der Waals surface area contributed by atoms with Crippen molar-refractivity contribution in [2.24, 2.45) is 5.92 Å². The van der Waals surface area contributed by atoms with Crippen LogP contribution in [0.25, 0.3) is 0 Å². The first-order valence-corrected chi connectivity index (χ1v) is 4.40. The Morgan fingerprint density at radius 3 is 2.70 bits per heavy atom. The van der Waals surface area contributed by atoms with E-state index in [2.05, 4.69) is 5.32 Å². The van der Waals surface area contributed by atoms with Crippen molar-refractivity contribution in [3.63, 3.8) is 0 Å². The molecule has 1 saturated carbocycles. The molecular weight excluding hydrogens is 148 g/mol. The average molecular weight is 158 g/mol. The molecule has 0 atom stereocenters. The van der Waals surface area contributed by atoms with Crippen LogP contribution in [-0.2, 0) is 4.79 Å². The summed E-state index contributed by atoms with van der Waals surface area (Å²) in [6, 6.07) is 0. The van der Waals surface area contributed by atoms with Crippen molar-refractivity contribution in [2.75, 3.05) is 6.26 Å². The Kier molecular flexibility index (Phi) is 2.32. The first-order chi connectivity index (χ1) is 4.74. The van der Waals surface area contributed by atoms with Gasteiger partial charge in [0.1, 0.15) is 0 Å². The molecule has 1 amide bonds. The number of hydrogen-bond acceptors (Lipinski definition) is 3. The standard InChI is InChI=1S/C6H10N2OS/c1-10-6(7)8-5(9)4-2-3-4/h4H,2-3H2,1H3,(H2,7,8,9). The van der Waals surface area contributed by atoms with E-state index in [-0.39, 0.29) is 17.0 Å². The number of thioether (sulfide) groups is 1. The summed E-state index contributed by atoms with van der Waals surface area (Å²) < 4.78 is 0. The van der Waals surface area contributed by atoms with Gasteiger partial charge in [-0.2, -0.15) is 0 Å². The molecule has 0 spiro atoms. The fourth-order valence-corrected chi connectivity index (χ4v) is 0.813. The highest BCUT2D eigenvalue weighted by molar-refractivity contribution is 8.13. The van der Waals surface area contributed by atoms with Crippen LogP contribution >= 0.6 is 11.8 Å². The molecule has 0 aromatic heterocycles. The predicted molar refractivity (Wildman–Crippen MR) is 42.1 cm³/mol. The van der Waals surface area contributed by atoms with Gasteiger partial charge in [-0.25, -0.2) is 0 Å².